The summed E-state index contributed by atoms with van der Waals surface area (Å²) < 4.78 is 25.2. The van der Waals surface area contributed by atoms with Crippen molar-refractivity contribution in [2.24, 2.45) is 0 Å². The molecular formula is C20H19FN2O3. The van der Waals surface area contributed by atoms with Crippen LogP contribution in [0.5, 0.6) is 5.88 Å². The Bertz CT molecular complexity index is 823. The fourth-order valence-corrected chi connectivity index (χ4v) is 2.47. The molecule has 1 aromatic heterocycles. The summed E-state index contributed by atoms with van der Waals surface area (Å²) in [4.78, 5) is 11.5. The van der Waals surface area contributed by atoms with Gasteiger partial charge in [-0.15, -0.1) is 5.10 Å². The van der Waals surface area contributed by atoms with Gasteiger partial charge in [-0.1, -0.05) is 29.8 Å². The van der Waals surface area contributed by atoms with Gasteiger partial charge in [-0.05, 0) is 38.1 Å². The Balaban J connectivity index is 1.96. The standard InChI is InChI=1S/C20H19FN2O3/c1-3-25-20(24)13-26-19-12-18(15-6-4-14(2)5-7-15)23(22-19)17-10-8-16(21)9-11-17/h4-12H,3,13H2,1-2H3. The van der Waals surface area contributed by atoms with E-state index < -0.39 is 5.97 Å². The zero-order valence-corrected chi connectivity index (χ0v) is 14.6. The summed E-state index contributed by atoms with van der Waals surface area (Å²) in [5, 5.41) is 4.41. The first-order chi connectivity index (χ1) is 12.6. The first-order valence-electron chi connectivity index (χ1n) is 8.28. The number of halogens is 1. The normalized spacial score (nSPS) is 10.6. The molecule has 0 aliphatic rings. The van der Waals surface area contributed by atoms with Crippen molar-refractivity contribution < 1.29 is 18.7 Å². The van der Waals surface area contributed by atoms with E-state index in [0.29, 0.717) is 12.3 Å². The summed E-state index contributed by atoms with van der Waals surface area (Å²) in [6.07, 6.45) is 0. The van der Waals surface area contributed by atoms with Crippen LogP contribution in [-0.4, -0.2) is 29.0 Å². The molecule has 0 fully saturated rings. The quantitative estimate of drug-likeness (QED) is 0.630. The molecule has 6 heteroatoms. The van der Waals surface area contributed by atoms with E-state index in [-0.39, 0.29) is 18.3 Å². The van der Waals surface area contributed by atoms with Gasteiger partial charge in [0.05, 0.1) is 18.0 Å². The topological polar surface area (TPSA) is 53.4 Å². The van der Waals surface area contributed by atoms with Crippen LogP contribution < -0.4 is 4.74 Å². The van der Waals surface area contributed by atoms with Crippen molar-refractivity contribution in [3.63, 3.8) is 0 Å². The van der Waals surface area contributed by atoms with E-state index >= 15 is 0 Å². The Kier molecular flexibility index (Phi) is 5.31. The predicted octanol–water partition coefficient (Wildman–Crippen LogP) is 3.93. The second-order valence-corrected chi connectivity index (χ2v) is 5.72. The number of aryl methyl sites for hydroxylation is 1. The third kappa shape index (κ3) is 4.08. The van der Waals surface area contributed by atoms with E-state index in [9.17, 15) is 9.18 Å². The van der Waals surface area contributed by atoms with Gasteiger partial charge in [-0.3, -0.25) is 0 Å². The number of hydrogen-bond acceptors (Lipinski definition) is 4. The molecule has 3 aromatic rings. The number of carbonyl (C=O) groups is 1. The molecule has 0 saturated heterocycles. The Morgan fingerprint density at radius 3 is 2.46 bits per heavy atom. The van der Waals surface area contributed by atoms with Gasteiger partial charge in [-0.25, -0.2) is 13.9 Å². The van der Waals surface area contributed by atoms with E-state index in [0.717, 1.165) is 16.8 Å². The molecule has 1 heterocycles. The highest BCUT2D eigenvalue weighted by Gasteiger charge is 2.14. The fraction of sp³-hybridized carbons (Fsp3) is 0.200. The molecule has 0 aliphatic carbocycles. The number of benzene rings is 2. The van der Waals surface area contributed by atoms with Gasteiger partial charge in [0.15, 0.2) is 6.61 Å². The molecule has 2 aromatic carbocycles. The number of rotatable bonds is 6. The minimum atomic E-state index is -0.458. The highest BCUT2D eigenvalue weighted by Crippen LogP contribution is 2.27. The molecule has 0 spiro atoms. The smallest absolute Gasteiger partial charge is 0.344 e. The van der Waals surface area contributed by atoms with Crippen LogP contribution in [0.3, 0.4) is 0 Å². The molecule has 26 heavy (non-hydrogen) atoms. The Morgan fingerprint density at radius 1 is 1.12 bits per heavy atom. The predicted molar refractivity (Wildman–Crippen MR) is 95.8 cm³/mol. The van der Waals surface area contributed by atoms with Gasteiger partial charge >= 0.3 is 5.97 Å². The zero-order chi connectivity index (χ0) is 18.5. The van der Waals surface area contributed by atoms with Crippen molar-refractivity contribution in [3.05, 3.63) is 66.0 Å². The average Bonchev–Trinajstić information content (AvgIpc) is 3.06. The molecular weight excluding hydrogens is 335 g/mol. The number of carbonyl (C=O) groups excluding carboxylic acids is 1. The largest absolute Gasteiger partial charge is 0.465 e. The number of aromatic nitrogens is 2. The zero-order valence-electron chi connectivity index (χ0n) is 14.6. The second-order valence-electron chi connectivity index (χ2n) is 5.72. The van der Waals surface area contributed by atoms with E-state index in [1.807, 2.05) is 31.2 Å². The molecule has 134 valence electrons. The molecule has 0 aliphatic heterocycles. The first-order valence-corrected chi connectivity index (χ1v) is 8.28. The lowest BCUT2D eigenvalue weighted by Gasteiger charge is -2.07. The van der Waals surface area contributed by atoms with Crippen LogP contribution >= 0.6 is 0 Å². The van der Waals surface area contributed by atoms with Gasteiger partial charge in [0.25, 0.3) is 0 Å². The molecule has 3 rings (SSSR count). The van der Waals surface area contributed by atoms with Crippen LogP contribution in [0.1, 0.15) is 12.5 Å². The van der Waals surface area contributed by atoms with Crippen LogP contribution in [0.4, 0.5) is 4.39 Å². The lowest BCUT2D eigenvalue weighted by atomic mass is 10.1. The molecule has 0 radical (unpaired) electrons. The Hall–Kier alpha value is -3.15. The molecule has 0 amide bonds. The maximum atomic E-state index is 13.3. The number of hydrogen-bond donors (Lipinski definition) is 0. The van der Waals surface area contributed by atoms with Crippen molar-refractivity contribution in [1.82, 2.24) is 9.78 Å². The molecule has 0 saturated carbocycles. The summed E-state index contributed by atoms with van der Waals surface area (Å²) in [6.45, 7) is 3.81. The van der Waals surface area contributed by atoms with E-state index in [1.54, 1.807) is 29.8 Å². The highest BCUT2D eigenvalue weighted by atomic mass is 19.1. The Labute approximate surface area is 151 Å². The summed E-state index contributed by atoms with van der Waals surface area (Å²) in [7, 11) is 0. The van der Waals surface area contributed by atoms with Crippen LogP contribution in [0.2, 0.25) is 0 Å². The summed E-state index contributed by atoms with van der Waals surface area (Å²) in [5.74, 6) is -0.491. The Morgan fingerprint density at radius 2 is 1.81 bits per heavy atom. The summed E-state index contributed by atoms with van der Waals surface area (Å²) in [5.41, 5.74) is 3.53. The number of nitrogens with zero attached hydrogens (tertiary/aromatic N) is 2. The van der Waals surface area contributed by atoms with Gasteiger partial charge in [0.1, 0.15) is 5.82 Å². The van der Waals surface area contributed by atoms with Crippen molar-refractivity contribution in [2.45, 2.75) is 13.8 Å². The van der Waals surface area contributed by atoms with Crippen LogP contribution in [-0.2, 0) is 9.53 Å². The van der Waals surface area contributed by atoms with Gasteiger partial charge in [-0.2, -0.15) is 0 Å². The minimum Gasteiger partial charge on any atom is -0.465 e. The molecule has 0 atom stereocenters. The maximum Gasteiger partial charge on any atom is 0.344 e. The molecule has 0 N–H and O–H groups in total. The highest BCUT2D eigenvalue weighted by molar-refractivity contribution is 5.71. The van der Waals surface area contributed by atoms with Crippen LogP contribution in [0, 0.1) is 12.7 Å². The first kappa shape index (κ1) is 17.7. The molecule has 5 nitrogen and oxygen atoms in total. The van der Waals surface area contributed by atoms with Crippen molar-refractivity contribution >= 4 is 5.97 Å². The van der Waals surface area contributed by atoms with E-state index in [2.05, 4.69) is 5.10 Å². The minimum absolute atomic E-state index is 0.221. The average molecular weight is 354 g/mol. The third-order valence-electron chi connectivity index (χ3n) is 3.75. The van der Waals surface area contributed by atoms with Gasteiger partial charge in [0.2, 0.25) is 5.88 Å². The van der Waals surface area contributed by atoms with Crippen molar-refractivity contribution in [3.8, 4) is 22.8 Å². The summed E-state index contributed by atoms with van der Waals surface area (Å²) in [6, 6.07) is 15.7. The van der Waals surface area contributed by atoms with Gasteiger partial charge in [0, 0.05) is 11.6 Å². The summed E-state index contributed by atoms with van der Waals surface area (Å²) >= 11 is 0. The van der Waals surface area contributed by atoms with Crippen molar-refractivity contribution in [1.29, 1.82) is 0 Å². The fourth-order valence-electron chi connectivity index (χ4n) is 2.47. The number of esters is 1. The maximum absolute atomic E-state index is 13.3. The van der Waals surface area contributed by atoms with Crippen molar-refractivity contribution in [2.75, 3.05) is 13.2 Å². The van der Waals surface area contributed by atoms with Gasteiger partial charge < -0.3 is 9.47 Å². The lowest BCUT2D eigenvalue weighted by molar-refractivity contribution is -0.145. The van der Waals surface area contributed by atoms with E-state index in [1.165, 1.54) is 12.1 Å². The molecule has 0 bridgehead atoms. The van der Waals surface area contributed by atoms with E-state index in [4.69, 9.17) is 9.47 Å². The SMILES string of the molecule is CCOC(=O)COc1cc(-c2ccc(C)cc2)n(-c2ccc(F)cc2)n1. The van der Waals surface area contributed by atoms with Crippen LogP contribution in [0.25, 0.3) is 16.9 Å². The van der Waals surface area contributed by atoms with Crippen LogP contribution in [0.15, 0.2) is 54.6 Å². The second kappa shape index (κ2) is 7.82. The molecule has 0 unspecified atom stereocenters. The lowest BCUT2D eigenvalue weighted by Crippen LogP contribution is -2.14. The monoisotopic (exact) mass is 354 g/mol. The third-order valence-corrected chi connectivity index (χ3v) is 3.75. The number of ether oxygens (including phenoxy) is 2.